The Kier molecular flexibility index (Phi) is 10.0. The Labute approximate surface area is 403 Å². The molecule has 3 heteroatoms. The molecule has 2 aromatic heterocycles. The summed E-state index contributed by atoms with van der Waals surface area (Å²) >= 11 is 0. The van der Waals surface area contributed by atoms with Crippen molar-refractivity contribution < 1.29 is 0 Å². The molecule has 328 valence electrons. The van der Waals surface area contributed by atoms with Crippen LogP contribution in [0.2, 0.25) is 0 Å². The summed E-state index contributed by atoms with van der Waals surface area (Å²) < 4.78 is 4.95. The van der Waals surface area contributed by atoms with Gasteiger partial charge in [0.05, 0.1) is 45.1 Å². The molecule has 0 aliphatic rings. The molecular formula is C66H49N3. The topological polar surface area (TPSA) is 33.6 Å². The summed E-state index contributed by atoms with van der Waals surface area (Å²) in [6, 6.07) is 78.0. The molecule has 0 aliphatic carbocycles. The van der Waals surface area contributed by atoms with Gasteiger partial charge in [-0.1, -0.05) is 162 Å². The van der Waals surface area contributed by atoms with Gasteiger partial charge in [0, 0.05) is 27.1 Å². The fourth-order valence-electron chi connectivity index (χ4n) is 10.8. The first kappa shape index (κ1) is 41.7. The molecule has 12 aromatic rings. The molecule has 0 radical (unpaired) electrons. The molecule has 0 saturated carbocycles. The van der Waals surface area contributed by atoms with Gasteiger partial charge in [0.25, 0.3) is 0 Å². The molecule has 2 heterocycles. The minimum Gasteiger partial charge on any atom is -0.309 e. The van der Waals surface area contributed by atoms with Crippen LogP contribution in [0.25, 0.3) is 111 Å². The summed E-state index contributed by atoms with van der Waals surface area (Å²) in [4.78, 5) is 0. The predicted octanol–water partition coefficient (Wildman–Crippen LogP) is 17.6. The van der Waals surface area contributed by atoms with Gasteiger partial charge in [0.1, 0.15) is 0 Å². The Balaban J connectivity index is 1.17. The van der Waals surface area contributed by atoms with Crippen molar-refractivity contribution in [2.75, 3.05) is 0 Å². The van der Waals surface area contributed by atoms with E-state index in [1.807, 2.05) is 18.2 Å². The van der Waals surface area contributed by atoms with E-state index >= 15 is 0 Å². The second kappa shape index (κ2) is 16.6. The number of aromatic nitrogens is 2. The SMILES string of the molecule is Cc1cccc(-c2ccc3c(c2)c2cc(-c4cccc(C)c4)ccc2n3-c2ccc(-c3cccc(C#N)c3)c(-n3c4ccc(-c5cccc(C)c5)cc4c4cc(-c5cccc(C)c5)ccc43)c2C)c1. The van der Waals surface area contributed by atoms with Gasteiger partial charge in [0.15, 0.2) is 0 Å². The highest BCUT2D eigenvalue weighted by Gasteiger charge is 2.24. The Morgan fingerprint density at radius 2 is 0.667 bits per heavy atom. The van der Waals surface area contributed by atoms with E-state index in [0.29, 0.717) is 5.56 Å². The Hall–Kier alpha value is -8.71. The zero-order valence-electron chi connectivity index (χ0n) is 39.5. The van der Waals surface area contributed by atoms with Gasteiger partial charge in [-0.15, -0.1) is 0 Å². The molecule has 0 N–H and O–H groups in total. The number of fused-ring (bicyclic) bond motifs is 6. The second-order valence-corrected chi connectivity index (χ2v) is 18.9. The highest BCUT2D eigenvalue weighted by Crippen LogP contribution is 2.44. The molecule has 0 amide bonds. The minimum atomic E-state index is 0.629. The van der Waals surface area contributed by atoms with Crippen LogP contribution in [0.15, 0.2) is 206 Å². The summed E-state index contributed by atoms with van der Waals surface area (Å²) in [5.74, 6) is 0. The summed E-state index contributed by atoms with van der Waals surface area (Å²) in [5.41, 5.74) is 25.0. The normalized spacial score (nSPS) is 11.5. The van der Waals surface area contributed by atoms with E-state index in [0.717, 1.165) is 50.1 Å². The van der Waals surface area contributed by atoms with Crippen LogP contribution in [0.5, 0.6) is 0 Å². The molecule has 0 bridgehead atoms. The van der Waals surface area contributed by atoms with Crippen LogP contribution >= 0.6 is 0 Å². The number of benzene rings is 10. The van der Waals surface area contributed by atoms with Crippen molar-refractivity contribution in [3.05, 3.63) is 240 Å². The Morgan fingerprint density at radius 1 is 0.319 bits per heavy atom. The summed E-state index contributed by atoms with van der Waals surface area (Å²) in [6.07, 6.45) is 0. The molecule has 0 unspecified atom stereocenters. The number of aryl methyl sites for hydroxylation is 4. The van der Waals surface area contributed by atoms with E-state index in [1.54, 1.807) is 0 Å². The third-order valence-corrected chi connectivity index (χ3v) is 14.1. The fourth-order valence-corrected chi connectivity index (χ4v) is 10.8. The second-order valence-electron chi connectivity index (χ2n) is 18.9. The third-order valence-electron chi connectivity index (χ3n) is 14.1. The highest BCUT2D eigenvalue weighted by molar-refractivity contribution is 6.14. The zero-order chi connectivity index (χ0) is 46.9. The highest BCUT2D eigenvalue weighted by atomic mass is 15.0. The van der Waals surface area contributed by atoms with Gasteiger partial charge in [-0.3, -0.25) is 0 Å². The van der Waals surface area contributed by atoms with Crippen molar-refractivity contribution in [3.8, 4) is 73.1 Å². The summed E-state index contributed by atoms with van der Waals surface area (Å²) in [7, 11) is 0. The van der Waals surface area contributed by atoms with Crippen LogP contribution in [-0.4, -0.2) is 9.13 Å². The third kappa shape index (κ3) is 7.21. The zero-order valence-corrected chi connectivity index (χ0v) is 39.5. The smallest absolute Gasteiger partial charge is 0.0991 e. The molecule has 10 aromatic carbocycles. The Morgan fingerprint density at radius 3 is 1.04 bits per heavy atom. The van der Waals surface area contributed by atoms with Crippen molar-refractivity contribution in [2.24, 2.45) is 0 Å². The minimum absolute atomic E-state index is 0.629. The first-order chi connectivity index (χ1) is 33.7. The van der Waals surface area contributed by atoms with E-state index in [4.69, 9.17) is 0 Å². The molecule has 3 nitrogen and oxygen atoms in total. The largest absolute Gasteiger partial charge is 0.309 e. The molecule has 0 spiro atoms. The van der Waals surface area contributed by atoms with Crippen LogP contribution in [-0.2, 0) is 0 Å². The van der Waals surface area contributed by atoms with Gasteiger partial charge in [0.2, 0.25) is 0 Å². The quantitative estimate of drug-likeness (QED) is 0.157. The van der Waals surface area contributed by atoms with Crippen molar-refractivity contribution >= 4 is 43.6 Å². The first-order valence-electron chi connectivity index (χ1n) is 23.8. The fraction of sp³-hybridized carbons (Fsp3) is 0.0758. The molecule has 0 fully saturated rings. The molecule has 0 saturated heterocycles. The van der Waals surface area contributed by atoms with E-state index in [-0.39, 0.29) is 0 Å². The lowest BCUT2D eigenvalue weighted by Crippen LogP contribution is -2.06. The van der Waals surface area contributed by atoms with Gasteiger partial charge in [-0.05, 0) is 157 Å². The van der Waals surface area contributed by atoms with Gasteiger partial charge < -0.3 is 9.13 Å². The number of hydrogen-bond donors (Lipinski definition) is 0. The van der Waals surface area contributed by atoms with Crippen LogP contribution in [0.1, 0.15) is 33.4 Å². The lowest BCUT2D eigenvalue weighted by molar-refractivity contribution is 1.10. The predicted molar refractivity (Wildman–Crippen MR) is 291 cm³/mol. The number of rotatable bonds is 7. The van der Waals surface area contributed by atoms with E-state index in [2.05, 4.69) is 238 Å². The molecule has 0 atom stereocenters. The van der Waals surface area contributed by atoms with Crippen molar-refractivity contribution in [1.29, 1.82) is 5.26 Å². The standard InChI is InChI=1S/C66H49N3/c1-41-11-6-16-47(31-41)51-21-26-62-57(36-51)58-37-52(48-17-7-12-42(2)32-48)22-27-63(58)68(62)61-30-25-56(55-20-10-15-46(35-55)40-67)66(45(61)5)69-64-28-23-53(49-18-8-13-43(3)33-49)38-59(64)60-39-54(24-29-65(60)69)50-19-9-14-44(4)34-50/h6-39H,1-5H3. The molecule has 0 aliphatic heterocycles. The van der Waals surface area contributed by atoms with Crippen molar-refractivity contribution in [1.82, 2.24) is 9.13 Å². The van der Waals surface area contributed by atoms with Gasteiger partial charge in [-0.25, -0.2) is 0 Å². The summed E-state index contributed by atoms with van der Waals surface area (Å²) in [5, 5.41) is 15.0. The number of nitrogens with zero attached hydrogens (tertiary/aromatic N) is 3. The molecular weight excluding hydrogens is 835 g/mol. The van der Waals surface area contributed by atoms with Crippen LogP contribution in [0.4, 0.5) is 0 Å². The van der Waals surface area contributed by atoms with E-state index in [9.17, 15) is 5.26 Å². The lowest BCUT2D eigenvalue weighted by Gasteiger charge is -2.21. The first-order valence-corrected chi connectivity index (χ1v) is 23.8. The Bertz CT molecular complexity index is 3890. The monoisotopic (exact) mass is 883 g/mol. The maximum atomic E-state index is 10.2. The maximum absolute atomic E-state index is 10.2. The van der Waals surface area contributed by atoms with Crippen molar-refractivity contribution in [3.63, 3.8) is 0 Å². The number of hydrogen-bond acceptors (Lipinski definition) is 1. The van der Waals surface area contributed by atoms with Gasteiger partial charge in [-0.2, -0.15) is 5.26 Å². The summed E-state index contributed by atoms with van der Waals surface area (Å²) in [6.45, 7) is 10.9. The van der Waals surface area contributed by atoms with E-state index in [1.165, 1.54) is 88.3 Å². The maximum Gasteiger partial charge on any atom is 0.0991 e. The average Bonchev–Trinajstić information content (AvgIpc) is 3.87. The van der Waals surface area contributed by atoms with Crippen LogP contribution in [0.3, 0.4) is 0 Å². The van der Waals surface area contributed by atoms with Crippen molar-refractivity contribution in [2.45, 2.75) is 34.6 Å². The van der Waals surface area contributed by atoms with Gasteiger partial charge >= 0.3 is 0 Å². The van der Waals surface area contributed by atoms with Crippen LogP contribution < -0.4 is 0 Å². The number of nitriles is 1. The van der Waals surface area contributed by atoms with Crippen LogP contribution in [0, 0.1) is 45.9 Å². The van der Waals surface area contributed by atoms with E-state index < -0.39 is 0 Å². The molecule has 12 rings (SSSR count). The average molecular weight is 884 g/mol. The lowest BCUT2D eigenvalue weighted by atomic mass is 9.97. The molecule has 69 heavy (non-hydrogen) atoms.